The van der Waals surface area contributed by atoms with Crippen molar-refractivity contribution in [2.75, 3.05) is 19.1 Å². The Morgan fingerprint density at radius 1 is 0.897 bits per heavy atom. The fourth-order valence-electron chi connectivity index (χ4n) is 4.75. The normalized spacial score (nSPS) is 17.0. The molecule has 0 saturated carbocycles. The molecule has 1 atom stereocenters. The predicted octanol–water partition coefficient (Wildman–Crippen LogP) is 6.41. The summed E-state index contributed by atoms with van der Waals surface area (Å²) in [6.45, 7) is 10.0. The maximum atomic E-state index is 13.7. The van der Waals surface area contributed by atoms with Crippen LogP contribution >= 0.6 is 0 Å². The molecule has 1 aliphatic heterocycles. The number of rotatable bonds is 7. The van der Waals surface area contributed by atoms with Gasteiger partial charge in [-0.1, -0.05) is 45.0 Å². The summed E-state index contributed by atoms with van der Waals surface area (Å²) in [5.74, 6) is -0.349. The van der Waals surface area contributed by atoms with Gasteiger partial charge in [-0.2, -0.15) is 0 Å². The third-order valence-electron chi connectivity index (χ3n) is 6.69. The van der Waals surface area contributed by atoms with Crippen molar-refractivity contribution in [2.45, 2.75) is 52.2 Å². The average molecular weight is 530 g/mol. The van der Waals surface area contributed by atoms with Crippen LogP contribution in [0.25, 0.3) is 5.76 Å². The van der Waals surface area contributed by atoms with Crippen molar-refractivity contribution >= 4 is 23.1 Å². The zero-order valence-corrected chi connectivity index (χ0v) is 23.4. The number of methoxy groups -OCH3 is 2. The molecule has 7 heteroatoms. The summed E-state index contributed by atoms with van der Waals surface area (Å²) < 4.78 is 16.9. The van der Waals surface area contributed by atoms with E-state index < -0.39 is 17.7 Å². The SMILES string of the molecule is COc1ccc(C(C)(C)C)cc1/C(O)=C1\C(=O)C(=O)N(c2ccc(OC(C)C)cc2)C1c1ccccc1OC. The number of benzene rings is 3. The molecule has 39 heavy (non-hydrogen) atoms. The molecule has 0 aromatic heterocycles. The number of amides is 1. The molecule has 1 aliphatic rings. The number of aliphatic hydroxyl groups excluding tert-OH is 1. The molecule has 1 N–H and O–H groups in total. The van der Waals surface area contributed by atoms with E-state index in [4.69, 9.17) is 14.2 Å². The molecule has 4 rings (SSSR count). The van der Waals surface area contributed by atoms with Crippen molar-refractivity contribution in [2.24, 2.45) is 0 Å². The fourth-order valence-corrected chi connectivity index (χ4v) is 4.75. The van der Waals surface area contributed by atoms with Gasteiger partial charge in [0.05, 0.1) is 37.5 Å². The van der Waals surface area contributed by atoms with Gasteiger partial charge in [-0.25, -0.2) is 0 Å². The highest BCUT2D eigenvalue weighted by Gasteiger charge is 2.48. The van der Waals surface area contributed by atoms with E-state index in [2.05, 4.69) is 20.8 Å². The monoisotopic (exact) mass is 529 g/mol. The first-order valence-electron chi connectivity index (χ1n) is 12.9. The lowest BCUT2D eigenvalue weighted by molar-refractivity contribution is -0.132. The molecule has 3 aromatic carbocycles. The van der Waals surface area contributed by atoms with Crippen molar-refractivity contribution in [1.29, 1.82) is 0 Å². The molecule has 3 aromatic rings. The Labute approximate surface area is 229 Å². The predicted molar refractivity (Wildman–Crippen MR) is 152 cm³/mol. The first-order chi connectivity index (χ1) is 18.5. The number of nitrogens with zero attached hydrogens (tertiary/aromatic N) is 1. The van der Waals surface area contributed by atoms with E-state index in [0.717, 1.165) is 5.56 Å². The number of aliphatic hydroxyl groups is 1. The summed E-state index contributed by atoms with van der Waals surface area (Å²) in [6, 6.07) is 18.7. The summed E-state index contributed by atoms with van der Waals surface area (Å²) >= 11 is 0. The molecule has 1 fully saturated rings. The Hall–Kier alpha value is -4.26. The van der Waals surface area contributed by atoms with Crippen molar-refractivity contribution in [3.63, 3.8) is 0 Å². The Bertz CT molecular complexity index is 1420. The van der Waals surface area contributed by atoms with Crippen LogP contribution in [0.3, 0.4) is 0 Å². The van der Waals surface area contributed by atoms with E-state index >= 15 is 0 Å². The molecule has 1 heterocycles. The summed E-state index contributed by atoms with van der Waals surface area (Å²) in [4.78, 5) is 28.7. The number of ketones is 1. The third-order valence-corrected chi connectivity index (χ3v) is 6.69. The number of para-hydroxylation sites is 1. The van der Waals surface area contributed by atoms with E-state index in [1.54, 1.807) is 54.6 Å². The van der Waals surface area contributed by atoms with Gasteiger partial charge in [0.25, 0.3) is 11.7 Å². The van der Waals surface area contributed by atoms with E-state index in [0.29, 0.717) is 34.1 Å². The molecule has 1 saturated heterocycles. The van der Waals surface area contributed by atoms with Gasteiger partial charge in [-0.15, -0.1) is 0 Å². The number of hydrogen-bond donors (Lipinski definition) is 1. The lowest BCUT2D eigenvalue weighted by Crippen LogP contribution is -2.29. The summed E-state index contributed by atoms with van der Waals surface area (Å²) in [5.41, 5.74) is 2.05. The van der Waals surface area contributed by atoms with Crippen LogP contribution in [0.5, 0.6) is 17.2 Å². The van der Waals surface area contributed by atoms with Gasteiger partial charge in [-0.05, 0) is 67.3 Å². The van der Waals surface area contributed by atoms with Crippen molar-refractivity contribution < 1.29 is 28.9 Å². The van der Waals surface area contributed by atoms with Gasteiger partial charge in [-0.3, -0.25) is 14.5 Å². The van der Waals surface area contributed by atoms with Gasteiger partial charge in [0.2, 0.25) is 0 Å². The molecule has 1 unspecified atom stereocenters. The van der Waals surface area contributed by atoms with E-state index in [-0.39, 0.29) is 22.9 Å². The minimum atomic E-state index is -0.944. The standard InChI is InChI=1S/C32H35NO6/c1-19(2)39-22-15-13-21(14-16-22)33-28(23-10-8-9-11-25(23)37-6)27(30(35)31(33)36)29(34)24-18-20(32(3,4)5)12-17-26(24)38-7/h8-19,28,34H,1-7H3/b29-27+. The van der Waals surface area contributed by atoms with Crippen LogP contribution in [0, 0.1) is 0 Å². The van der Waals surface area contributed by atoms with Crippen LogP contribution in [-0.2, 0) is 15.0 Å². The number of hydrogen-bond acceptors (Lipinski definition) is 6. The van der Waals surface area contributed by atoms with Gasteiger partial charge in [0, 0.05) is 11.3 Å². The highest BCUT2D eigenvalue weighted by Crippen LogP contribution is 2.46. The topological polar surface area (TPSA) is 85.3 Å². The molecular weight excluding hydrogens is 494 g/mol. The Balaban J connectivity index is 1.97. The van der Waals surface area contributed by atoms with Crippen LogP contribution in [0.4, 0.5) is 5.69 Å². The summed E-state index contributed by atoms with van der Waals surface area (Å²) in [7, 11) is 3.03. The number of Topliss-reactive ketones (excluding diaryl/α,β-unsaturated/α-hetero) is 1. The van der Waals surface area contributed by atoms with Gasteiger partial charge < -0.3 is 19.3 Å². The van der Waals surface area contributed by atoms with Gasteiger partial charge in [0.15, 0.2) is 0 Å². The maximum absolute atomic E-state index is 13.7. The smallest absolute Gasteiger partial charge is 0.300 e. The molecule has 0 aliphatic carbocycles. The minimum Gasteiger partial charge on any atom is -0.507 e. The van der Waals surface area contributed by atoms with Gasteiger partial charge in [0.1, 0.15) is 23.0 Å². The quantitative estimate of drug-likeness (QED) is 0.216. The number of carbonyl (C=O) groups excluding carboxylic acids is 2. The second kappa shape index (κ2) is 10.8. The van der Waals surface area contributed by atoms with Crippen LogP contribution in [0.1, 0.15) is 57.4 Å². The Kier molecular flexibility index (Phi) is 7.72. The molecule has 0 radical (unpaired) electrons. The Morgan fingerprint density at radius 2 is 1.54 bits per heavy atom. The van der Waals surface area contributed by atoms with E-state index in [1.807, 2.05) is 26.0 Å². The summed E-state index contributed by atoms with van der Waals surface area (Å²) in [5, 5.41) is 11.8. The highest BCUT2D eigenvalue weighted by atomic mass is 16.5. The van der Waals surface area contributed by atoms with Crippen LogP contribution in [0.2, 0.25) is 0 Å². The number of carbonyl (C=O) groups is 2. The van der Waals surface area contributed by atoms with Crippen LogP contribution < -0.4 is 19.1 Å². The molecular formula is C32H35NO6. The minimum absolute atomic E-state index is 0.0162. The van der Waals surface area contributed by atoms with Crippen molar-refractivity contribution in [1.82, 2.24) is 0 Å². The molecule has 204 valence electrons. The second-order valence-electron chi connectivity index (χ2n) is 10.7. The van der Waals surface area contributed by atoms with Crippen molar-refractivity contribution in [3.8, 4) is 17.2 Å². The van der Waals surface area contributed by atoms with Crippen LogP contribution in [-0.4, -0.2) is 37.1 Å². The summed E-state index contributed by atoms with van der Waals surface area (Å²) in [6.07, 6.45) is -0.0162. The van der Waals surface area contributed by atoms with Gasteiger partial charge >= 0.3 is 0 Å². The van der Waals surface area contributed by atoms with E-state index in [1.165, 1.54) is 19.1 Å². The Morgan fingerprint density at radius 3 is 2.13 bits per heavy atom. The average Bonchev–Trinajstić information content (AvgIpc) is 3.17. The lowest BCUT2D eigenvalue weighted by atomic mass is 9.85. The number of ether oxygens (including phenoxy) is 3. The zero-order valence-electron chi connectivity index (χ0n) is 23.4. The zero-order chi connectivity index (χ0) is 28.5. The second-order valence-corrected chi connectivity index (χ2v) is 10.7. The lowest BCUT2D eigenvalue weighted by Gasteiger charge is -2.27. The molecule has 7 nitrogen and oxygen atoms in total. The first kappa shape index (κ1) is 27.8. The maximum Gasteiger partial charge on any atom is 0.300 e. The molecule has 0 spiro atoms. The largest absolute Gasteiger partial charge is 0.507 e. The fraction of sp³-hybridized carbons (Fsp3) is 0.312. The number of anilines is 1. The highest BCUT2D eigenvalue weighted by molar-refractivity contribution is 6.51. The molecule has 0 bridgehead atoms. The van der Waals surface area contributed by atoms with Crippen LogP contribution in [0.15, 0.2) is 72.3 Å². The third kappa shape index (κ3) is 5.35. The van der Waals surface area contributed by atoms with E-state index in [9.17, 15) is 14.7 Å². The first-order valence-corrected chi connectivity index (χ1v) is 12.9. The van der Waals surface area contributed by atoms with Crippen molar-refractivity contribution in [3.05, 3.63) is 89.0 Å². The molecule has 1 amide bonds.